The molecule has 1 atom stereocenters. The van der Waals surface area contributed by atoms with Gasteiger partial charge >= 0.3 is 0 Å². The van der Waals surface area contributed by atoms with Gasteiger partial charge in [0, 0.05) is 6.04 Å². The van der Waals surface area contributed by atoms with E-state index in [0.717, 1.165) is 10.2 Å². The number of aromatic nitrogens is 1. The van der Waals surface area contributed by atoms with Gasteiger partial charge in [-0.1, -0.05) is 37.8 Å². The molecule has 0 aliphatic carbocycles. The number of hydrogen-bond acceptors (Lipinski definition) is 2. The van der Waals surface area contributed by atoms with Crippen LogP contribution in [0.4, 0.5) is 5.69 Å². The number of hydrogen-bond donors (Lipinski definition) is 1. The predicted octanol–water partition coefficient (Wildman–Crippen LogP) is 4.88. The Morgan fingerprint density at radius 3 is 2.88 bits per heavy atom. The second-order valence-corrected chi connectivity index (χ2v) is 5.25. The predicted molar refractivity (Wildman–Crippen MR) is 74.2 cm³/mol. The minimum Gasteiger partial charge on any atom is -0.381 e. The first-order chi connectivity index (χ1) is 7.63. The first kappa shape index (κ1) is 13.8. The summed E-state index contributed by atoms with van der Waals surface area (Å²) in [5.41, 5.74) is 1.01. The summed E-state index contributed by atoms with van der Waals surface area (Å²) in [6, 6.07) is 2.44. The minimum absolute atomic E-state index is 0.474. The molecule has 0 aliphatic rings. The first-order valence-corrected chi connectivity index (χ1v) is 6.88. The lowest BCUT2D eigenvalue weighted by Crippen LogP contribution is -2.14. The molecular formula is C12H18BrClN2. The summed E-state index contributed by atoms with van der Waals surface area (Å²) in [6.07, 6.45) is 6.79. The second-order valence-electron chi connectivity index (χ2n) is 4.04. The van der Waals surface area contributed by atoms with Crippen molar-refractivity contribution in [3.8, 4) is 0 Å². The molecule has 0 saturated heterocycles. The summed E-state index contributed by atoms with van der Waals surface area (Å²) in [4.78, 5) is 4.08. The summed E-state index contributed by atoms with van der Waals surface area (Å²) < 4.78 is 0.833. The Balaban J connectivity index is 2.43. The monoisotopic (exact) mass is 304 g/mol. The van der Waals surface area contributed by atoms with E-state index in [1.54, 1.807) is 6.20 Å². The van der Waals surface area contributed by atoms with Gasteiger partial charge in [-0.2, -0.15) is 0 Å². The number of anilines is 1. The van der Waals surface area contributed by atoms with Crippen LogP contribution in [0.5, 0.6) is 0 Å². The number of nitrogens with zero attached hydrogens (tertiary/aromatic N) is 1. The van der Waals surface area contributed by atoms with E-state index in [1.165, 1.54) is 25.7 Å². The zero-order valence-electron chi connectivity index (χ0n) is 9.76. The van der Waals surface area contributed by atoms with Crippen molar-refractivity contribution in [2.75, 3.05) is 5.32 Å². The van der Waals surface area contributed by atoms with E-state index in [4.69, 9.17) is 11.6 Å². The molecule has 1 unspecified atom stereocenters. The highest BCUT2D eigenvalue weighted by Crippen LogP contribution is 2.23. The van der Waals surface area contributed by atoms with Gasteiger partial charge in [-0.05, 0) is 35.3 Å². The number of rotatable bonds is 6. The fourth-order valence-corrected chi connectivity index (χ4v) is 2.01. The van der Waals surface area contributed by atoms with Crippen molar-refractivity contribution in [1.82, 2.24) is 4.98 Å². The van der Waals surface area contributed by atoms with E-state index >= 15 is 0 Å². The number of halogens is 2. The van der Waals surface area contributed by atoms with Crippen molar-refractivity contribution in [1.29, 1.82) is 0 Å². The van der Waals surface area contributed by atoms with Crippen molar-refractivity contribution in [2.45, 2.75) is 45.6 Å². The van der Waals surface area contributed by atoms with E-state index < -0.39 is 0 Å². The SMILES string of the molecule is CCCCCC(C)Nc1cnc(Cl)c(Br)c1. The van der Waals surface area contributed by atoms with E-state index in [9.17, 15) is 0 Å². The van der Waals surface area contributed by atoms with Gasteiger partial charge in [0.25, 0.3) is 0 Å². The van der Waals surface area contributed by atoms with Crippen molar-refractivity contribution in [3.63, 3.8) is 0 Å². The van der Waals surface area contributed by atoms with Crippen LogP contribution in [-0.4, -0.2) is 11.0 Å². The Labute approximate surface area is 111 Å². The molecule has 1 aromatic heterocycles. The van der Waals surface area contributed by atoms with Crippen LogP contribution in [0.25, 0.3) is 0 Å². The standard InChI is InChI=1S/C12H18BrClN2/c1-3-4-5-6-9(2)16-10-7-11(13)12(14)15-8-10/h7-9,16H,3-6H2,1-2H3. The molecule has 0 radical (unpaired) electrons. The molecule has 0 amide bonds. The summed E-state index contributed by atoms with van der Waals surface area (Å²) in [6.45, 7) is 4.41. The first-order valence-electron chi connectivity index (χ1n) is 5.71. The Hall–Kier alpha value is -0.280. The molecule has 4 heteroatoms. The molecule has 0 spiro atoms. The van der Waals surface area contributed by atoms with Gasteiger partial charge in [0.2, 0.25) is 0 Å². The quantitative estimate of drug-likeness (QED) is 0.598. The van der Waals surface area contributed by atoms with Gasteiger partial charge in [0.15, 0.2) is 0 Å². The maximum Gasteiger partial charge on any atom is 0.143 e. The number of nitrogens with one attached hydrogen (secondary N) is 1. The van der Waals surface area contributed by atoms with E-state index in [-0.39, 0.29) is 0 Å². The number of pyridine rings is 1. The van der Waals surface area contributed by atoms with E-state index in [0.29, 0.717) is 11.2 Å². The van der Waals surface area contributed by atoms with Crippen LogP contribution in [0.3, 0.4) is 0 Å². The average Bonchev–Trinajstić information content (AvgIpc) is 2.24. The van der Waals surface area contributed by atoms with Crippen molar-refractivity contribution in [2.24, 2.45) is 0 Å². The molecule has 2 nitrogen and oxygen atoms in total. The van der Waals surface area contributed by atoms with Crippen LogP contribution in [0.1, 0.15) is 39.5 Å². The Bertz CT molecular complexity index is 331. The van der Waals surface area contributed by atoms with Crippen LogP contribution < -0.4 is 5.32 Å². The molecule has 0 saturated carbocycles. The Morgan fingerprint density at radius 2 is 2.25 bits per heavy atom. The molecule has 16 heavy (non-hydrogen) atoms. The minimum atomic E-state index is 0.474. The third-order valence-corrected chi connectivity index (χ3v) is 3.58. The third kappa shape index (κ3) is 4.71. The van der Waals surface area contributed by atoms with Crippen LogP contribution >= 0.6 is 27.5 Å². The lowest BCUT2D eigenvalue weighted by molar-refractivity contribution is 0.615. The largest absolute Gasteiger partial charge is 0.381 e. The molecule has 90 valence electrons. The van der Waals surface area contributed by atoms with Crippen LogP contribution in [0.2, 0.25) is 5.15 Å². The molecule has 0 aliphatic heterocycles. The van der Waals surface area contributed by atoms with Gasteiger partial charge in [0.1, 0.15) is 5.15 Å². The fraction of sp³-hybridized carbons (Fsp3) is 0.583. The highest BCUT2D eigenvalue weighted by molar-refractivity contribution is 9.10. The summed E-state index contributed by atoms with van der Waals surface area (Å²) in [7, 11) is 0. The highest BCUT2D eigenvalue weighted by atomic mass is 79.9. The zero-order chi connectivity index (χ0) is 12.0. The van der Waals surface area contributed by atoms with Crippen molar-refractivity contribution >= 4 is 33.2 Å². The van der Waals surface area contributed by atoms with Crippen LogP contribution in [-0.2, 0) is 0 Å². The molecule has 1 aromatic rings. The normalized spacial score (nSPS) is 12.5. The average molecular weight is 306 g/mol. The Kier molecular flexibility index (Phi) is 6.14. The number of unbranched alkanes of at least 4 members (excludes halogenated alkanes) is 2. The van der Waals surface area contributed by atoms with Crippen LogP contribution in [0, 0.1) is 0 Å². The highest BCUT2D eigenvalue weighted by Gasteiger charge is 2.04. The molecule has 1 N–H and O–H groups in total. The van der Waals surface area contributed by atoms with E-state index in [2.05, 4.69) is 40.1 Å². The Morgan fingerprint density at radius 1 is 1.50 bits per heavy atom. The molecule has 0 bridgehead atoms. The molecule has 1 heterocycles. The van der Waals surface area contributed by atoms with Crippen molar-refractivity contribution in [3.05, 3.63) is 21.9 Å². The molecule has 0 aromatic carbocycles. The lowest BCUT2D eigenvalue weighted by atomic mass is 10.1. The van der Waals surface area contributed by atoms with Gasteiger partial charge in [-0.3, -0.25) is 0 Å². The maximum absolute atomic E-state index is 5.83. The van der Waals surface area contributed by atoms with E-state index in [1.807, 2.05) is 6.07 Å². The summed E-state index contributed by atoms with van der Waals surface area (Å²) >= 11 is 9.20. The summed E-state index contributed by atoms with van der Waals surface area (Å²) in [5.74, 6) is 0. The topological polar surface area (TPSA) is 24.9 Å². The molecular weight excluding hydrogens is 288 g/mol. The molecule has 0 fully saturated rings. The van der Waals surface area contributed by atoms with Gasteiger partial charge in [0.05, 0.1) is 16.4 Å². The maximum atomic E-state index is 5.83. The fourth-order valence-electron chi connectivity index (χ4n) is 1.56. The zero-order valence-corrected chi connectivity index (χ0v) is 12.1. The van der Waals surface area contributed by atoms with Gasteiger partial charge in [-0.25, -0.2) is 4.98 Å². The van der Waals surface area contributed by atoms with Gasteiger partial charge in [-0.15, -0.1) is 0 Å². The van der Waals surface area contributed by atoms with Crippen LogP contribution in [0.15, 0.2) is 16.7 Å². The smallest absolute Gasteiger partial charge is 0.143 e. The van der Waals surface area contributed by atoms with Crippen molar-refractivity contribution < 1.29 is 0 Å². The van der Waals surface area contributed by atoms with Gasteiger partial charge < -0.3 is 5.32 Å². The summed E-state index contributed by atoms with van der Waals surface area (Å²) in [5, 5.41) is 3.92. The third-order valence-electron chi connectivity index (χ3n) is 2.45. The second kappa shape index (κ2) is 7.13. The molecule has 1 rings (SSSR count). The lowest BCUT2D eigenvalue weighted by Gasteiger charge is -2.15.